The first-order chi connectivity index (χ1) is 7.92. The minimum Gasteiger partial charge on any atom is -0.385 e. The van der Waals surface area contributed by atoms with Gasteiger partial charge in [0, 0.05) is 24.8 Å². The third-order valence-electron chi connectivity index (χ3n) is 3.72. The van der Waals surface area contributed by atoms with E-state index >= 15 is 0 Å². The molecule has 16 heavy (non-hydrogen) atoms. The lowest BCUT2D eigenvalue weighted by Crippen LogP contribution is -2.14. The second kappa shape index (κ2) is 4.46. The van der Waals surface area contributed by atoms with E-state index in [1.54, 1.807) is 11.1 Å². The van der Waals surface area contributed by atoms with Gasteiger partial charge in [0.2, 0.25) is 0 Å². The summed E-state index contributed by atoms with van der Waals surface area (Å²) in [6.45, 7) is 2.92. The van der Waals surface area contributed by atoms with Crippen molar-refractivity contribution in [3.8, 4) is 0 Å². The Morgan fingerprint density at radius 2 is 2.19 bits per heavy atom. The second-order valence-electron chi connectivity index (χ2n) is 4.95. The van der Waals surface area contributed by atoms with E-state index in [0.29, 0.717) is 5.92 Å². The van der Waals surface area contributed by atoms with Gasteiger partial charge in [0.15, 0.2) is 0 Å². The van der Waals surface area contributed by atoms with Crippen molar-refractivity contribution in [1.82, 2.24) is 0 Å². The number of anilines is 1. The van der Waals surface area contributed by atoms with Crippen molar-refractivity contribution in [2.24, 2.45) is 5.92 Å². The molecule has 1 aliphatic heterocycles. The van der Waals surface area contributed by atoms with Gasteiger partial charge in [-0.05, 0) is 48.9 Å². The molecular weight excluding hydrogens is 198 g/mol. The molecule has 1 N–H and O–H groups in total. The summed E-state index contributed by atoms with van der Waals surface area (Å²) in [7, 11) is 0. The molecule has 86 valence electrons. The molecule has 3 rings (SSSR count). The molecule has 0 amide bonds. The maximum absolute atomic E-state index is 5.38. The van der Waals surface area contributed by atoms with Gasteiger partial charge in [0.1, 0.15) is 0 Å². The third-order valence-corrected chi connectivity index (χ3v) is 3.72. The third kappa shape index (κ3) is 2.07. The summed E-state index contributed by atoms with van der Waals surface area (Å²) in [6, 6.07) is 6.84. The quantitative estimate of drug-likeness (QED) is 0.840. The van der Waals surface area contributed by atoms with E-state index in [2.05, 4.69) is 23.5 Å². The van der Waals surface area contributed by atoms with E-state index < -0.39 is 0 Å². The number of benzene rings is 1. The minimum absolute atomic E-state index is 0.702. The van der Waals surface area contributed by atoms with Crippen molar-refractivity contribution in [1.29, 1.82) is 0 Å². The normalized spacial score (nSPS) is 23.4. The van der Waals surface area contributed by atoms with Crippen molar-refractivity contribution in [2.45, 2.75) is 25.7 Å². The van der Waals surface area contributed by atoms with Gasteiger partial charge in [-0.15, -0.1) is 0 Å². The molecule has 1 aromatic carbocycles. The van der Waals surface area contributed by atoms with E-state index in [9.17, 15) is 0 Å². The summed E-state index contributed by atoms with van der Waals surface area (Å²) < 4.78 is 5.38. The fraction of sp³-hybridized carbons (Fsp3) is 0.571. The predicted molar refractivity (Wildman–Crippen MR) is 65.9 cm³/mol. The van der Waals surface area contributed by atoms with Crippen molar-refractivity contribution in [2.75, 3.05) is 25.1 Å². The van der Waals surface area contributed by atoms with Crippen LogP contribution in [-0.2, 0) is 17.6 Å². The molecule has 1 fully saturated rings. The standard InChI is InChI=1S/C14H19NO/c1-2-12-4-5-14(8-13(12)3-1)15-9-11-6-7-16-10-11/h4-5,8,11,15H,1-3,6-7,9-10H2. The zero-order valence-electron chi connectivity index (χ0n) is 9.67. The number of aryl methyl sites for hydroxylation is 2. The van der Waals surface area contributed by atoms with Gasteiger partial charge >= 0.3 is 0 Å². The van der Waals surface area contributed by atoms with Crippen molar-refractivity contribution < 1.29 is 4.74 Å². The molecule has 1 aliphatic carbocycles. The average Bonchev–Trinajstić information content (AvgIpc) is 2.97. The molecule has 1 unspecified atom stereocenters. The zero-order valence-corrected chi connectivity index (χ0v) is 9.67. The summed E-state index contributed by atoms with van der Waals surface area (Å²) >= 11 is 0. The van der Waals surface area contributed by atoms with Crippen LogP contribution in [0.4, 0.5) is 5.69 Å². The fourth-order valence-corrected chi connectivity index (χ4v) is 2.69. The van der Waals surface area contributed by atoms with E-state index in [0.717, 1.165) is 19.8 Å². The van der Waals surface area contributed by atoms with Gasteiger partial charge in [-0.1, -0.05) is 6.07 Å². The van der Waals surface area contributed by atoms with Crippen LogP contribution < -0.4 is 5.32 Å². The van der Waals surface area contributed by atoms with Gasteiger partial charge in [-0.3, -0.25) is 0 Å². The molecular formula is C14H19NO. The number of rotatable bonds is 3. The smallest absolute Gasteiger partial charge is 0.0511 e. The first-order valence-corrected chi connectivity index (χ1v) is 6.35. The zero-order chi connectivity index (χ0) is 10.8. The topological polar surface area (TPSA) is 21.3 Å². The first-order valence-electron chi connectivity index (χ1n) is 6.35. The van der Waals surface area contributed by atoms with Crippen LogP contribution in [0.15, 0.2) is 18.2 Å². The molecule has 1 heterocycles. The Morgan fingerprint density at radius 3 is 3.06 bits per heavy atom. The summed E-state index contributed by atoms with van der Waals surface area (Å²) in [5.74, 6) is 0.702. The van der Waals surface area contributed by atoms with E-state index in [4.69, 9.17) is 4.74 Å². The van der Waals surface area contributed by atoms with Crippen LogP contribution in [-0.4, -0.2) is 19.8 Å². The lowest BCUT2D eigenvalue weighted by molar-refractivity contribution is 0.187. The predicted octanol–water partition coefficient (Wildman–Crippen LogP) is 2.62. The van der Waals surface area contributed by atoms with Gasteiger partial charge in [-0.25, -0.2) is 0 Å². The number of nitrogens with one attached hydrogen (secondary N) is 1. The van der Waals surface area contributed by atoms with Crippen LogP contribution in [0.2, 0.25) is 0 Å². The molecule has 2 heteroatoms. The SMILES string of the molecule is c1cc2c(cc1NCC1CCOC1)CCC2. The Bertz CT molecular complexity index is 369. The van der Waals surface area contributed by atoms with Crippen LogP contribution in [0.1, 0.15) is 24.0 Å². The molecule has 0 aromatic heterocycles. The highest BCUT2D eigenvalue weighted by atomic mass is 16.5. The largest absolute Gasteiger partial charge is 0.385 e. The summed E-state index contributed by atoms with van der Waals surface area (Å²) in [5.41, 5.74) is 4.38. The molecule has 1 aromatic rings. The van der Waals surface area contributed by atoms with E-state index in [1.807, 2.05) is 0 Å². The van der Waals surface area contributed by atoms with E-state index in [-0.39, 0.29) is 0 Å². The number of hydrogen-bond acceptors (Lipinski definition) is 2. The fourth-order valence-electron chi connectivity index (χ4n) is 2.69. The number of fused-ring (bicyclic) bond motifs is 1. The van der Waals surface area contributed by atoms with Crippen molar-refractivity contribution >= 4 is 5.69 Å². The van der Waals surface area contributed by atoms with Crippen LogP contribution in [0.25, 0.3) is 0 Å². The molecule has 0 spiro atoms. The molecule has 0 bridgehead atoms. The molecule has 0 radical (unpaired) electrons. The molecule has 2 aliphatic rings. The Morgan fingerprint density at radius 1 is 1.25 bits per heavy atom. The summed E-state index contributed by atoms with van der Waals surface area (Å²) in [4.78, 5) is 0. The summed E-state index contributed by atoms with van der Waals surface area (Å²) in [5, 5.41) is 3.54. The molecule has 1 atom stereocenters. The summed E-state index contributed by atoms with van der Waals surface area (Å²) in [6.07, 6.45) is 5.07. The molecule has 1 saturated heterocycles. The number of hydrogen-bond donors (Lipinski definition) is 1. The molecule has 0 saturated carbocycles. The average molecular weight is 217 g/mol. The Labute approximate surface area is 97.0 Å². The Kier molecular flexibility index (Phi) is 2.83. The Hall–Kier alpha value is -1.02. The first kappa shape index (κ1) is 10.2. The maximum Gasteiger partial charge on any atom is 0.0511 e. The maximum atomic E-state index is 5.38. The highest BCUT2D eigenvalue weighted by Gasteiger charge is 2.15. The molecule has 2 nitrogen and oxygen atoms in total. The van der Waals surface area contributed by atoms with Gasteiger partial charge in [-0.2, -0.15) is 0 Å². The van der Waals surface area contributed by atoms with Crippen LogP contribution in [0.3, 0.4) is 0 Å². The van der Waals surface area contributed by atoms with Crippen LogP contribution >= 0.6 is 0 Å². The minimum atomic E-state index is 0.702. The van der Waals surface area contributed by atoms with Gasteiger partial charge in [0.05, 0.1) is 6.61 Å². The van der Waals surface area contributed by atoms with Gasteiger partial charge in [0.25, 0.3) is 0 Å². The highest BCUT2D eigenvalue weighted by molar-refractivity contribution is 5.50. The lowest BCUT2D eigenvalue weighted by atomic mass is 10.1. The van der Waals surface area contributed by atoms with Gasteiger partial charge < -0.3 is 10.1 Å². The lowest BCUT2D eigenvalue weighted by Gasteiger charge is -2.11. The monoisotopic (exact) mass is 217 g/mol. The highest BCUT2D eigenvalue weighted by Crippen LogP contribution is 2.25. The van der Waals surface area contributed by atoms with E-state index in [1.165, 1.54) is 31.4 Å². The Balaban J connectivity index is 1.61. The van der Waals surface area contributed by atoms with Crippen LogP contribution in [0, 0.1) is 5.92 Å². The van der Waals surface area contributed by atoms with Crippen LogP contribution in [0.5, 0.6) is 0 Å². The van der Waals surface area contributed by atoms with Crippen molar-refractivity contribution in [3.63, 3.8) is 0 Å². The second-order valence-corrected chi connectivity index (χ2v) is 4.95. The number of ether oxygens (including phenoxy) is 1. The van der Waals surface area contributed by atoms with Crippen molar-refractivity contribution in [3.05, 3.63) is 29.3 Å².